The number of nitro groups is 2. The molecule has 0 unspecified atom stereocenters. The minimum absolute atomic E-state index is 0.0217. The third-order valence-corrected chi connectivity index (χ3v) is 5.76. The summed E-state index contributed by atoms with van der Waals surface area (Å²) in [5, 5.41) is 22.5. The highest BCUT2D eigenvalue weighted by molar-refractivity contribution is 7.93. The van der Waals surface area contributed by atoms with Crippen molar-refractivity contribution in [1.29, 1.82) is 0 Å². The van der Waals surface area contributed by atoms with Crippen molar-refractivity contribution >= 4 is 33.1 Å². The Balaban J connectivity index is 2.73. The average molecular weight is 423 g/mol. The summed E-state index contributed by atoms with van der Waals surface area (Å²) in [5.74, 6) is -0.916. The highest BCUT2D eigenvalue weighted by Crippen LogP contribution is 2.34. The maximum Gasteiger partial charge on any atom is 0.326 e. The summed E-state index contributed by atoms with van der Waals surface area (Å²) >= 11 is 0. The number of hydrogen-bond acceptors (Lipinski definition) is 8. The first-order valence-electron chi connectivity index (χ1n) is 8.27. The SMILES string of the molecule is CCOC(=O)CN(c1cccc([N+](=O)[O-])c1C)S(=O)(=O)c1ccccc1[N+](=O)[O-]. The normalized spacial score (nSPS) is 11.0. The van der Waals surface area contributed by atoms with Gasteiger partial charge in [0.1, 0.15) is 6.54 Å². The smallest absolute Gasteiger partial charge is 0.326 e. The van der Waals surface area contributed by atoms with E-state index in [2.05, 4.69) is 0 Å². The summed E-state index contributed by atoms with van der Waals surface area (Å²) in [6.45, 7) is 2.01. The van der Waals surface area contributed by atoms with Crippen LogP contribution in [0.3, 0.4) is 0 Å². The Hall–Kier alpha value is -3.54. The van der Waals surface area contributed by atoms with Crippen LogP contribution in [0.2, 0.25) is 0 Å². The molecule has 0 aliphatic heterocycles. The zero-order chi connectivity index (χ0) is 21.8. The van der Waals surface area contributed by atoms with Gasteiger partial charge in [-0.15, -0.1) is 0 Å². The predicted octanol–water partition coefficient (Wildman–Crippen LogP) is 2.57. The summed E-state index contributed by atoms with van der Waals surface area (Å²) < 4.78 is 31.9. The molecule has 0 spiro atoms. The molecule has 2 aromatic carbocycles. The number of sulfonamides is 1. The summed E-state index contributed by atoms with van der Waals surface area (Å²) in [5.41, 5.74) is -1.24. The number of nitro benzene ring substituents is 2. The zero-order valence-corrected chi connectivity index (χ0v) is 16.3. The van der Waals surface area contributed by atoms with Gasteiger partial charge in [0.05, 0.1) is 27.7 Å². The summed E-state index contributed by atoms with van der Waals surface area (Å²) in [7, 11) is -4.64. The average Bonchev–Trinajstić information content (AvgIpc) is 2.66. The lowest BCUT2D eigenvalue weighted by Gasteiger charge is -2.24. The van der Waals surface area contributed by atoms with Crippen LogP contribution < -0.4 is 4.31 Å². The van der Waals surface area contributed by atoms with E-state index in [4.69, 9.17) is 4.74 Å². The Morgan fingerprint density at radius 3 is 2.21 bits per heavy atom. The fourth-order valence-electron chi connectivity index (χ4n) is 2.65. The van der Waals surface area contributed by atoms with Crippen LogP contribution in [0, 0.1) is 27.2 Å². The van der Waals surface area contributed by atoms with Crippen molar-refractivity contribution in [2.24, 2.45) is 0 Å². The molecule has 2 rings (SSSR count). The van der Waals surface area contributed by atoms with Gasteiger partial charge in [0.2, 0.25) is 0 Å². The summed E-state index contributed by atoms with van der Waals surface area (Å²) in [4.78, 5) is 32.4. The number of benzene rings is 2. The van der Waals surface area contributed by atoms with Crippen LogP contribution in [-0.4, -0.2) is 37.4 Å². The third kappa shape index (κ3) is 4.48. The standard InChI is InChI=1S/C17H17N3O8S/c1-3-28-17(21)11-18(13-8-6-9-14(12(13)2)19(22)23)29(26,27)16-10-5-4-7-15(16)20(24)25/h4-10H,3,11H2,1-2H3. The maximum atomic E-state index is 13.3. The van der Waals surface area contributed by atoms with E-state index >= 15 is 0 Å². The Kier molecular flexibility index (Phi) is 6.49. The van der Waals surface area contributed by atoms with Gasteiger partial charge in [-0.05, 0) is 26.0 Å². The Labute approximate surface area is 165 Å². The molecule has 154 valence electrons. The van der Waals surface area contributed by atoms with Crippen molar-refractivity contribution in [1.82, 2.24) is 0 Å². The molecular formula is C17H17N3O8S. The number of esters is 1. The number of nitrogens with zero attached hydrogens (tertiary/aromatic N) is 3. The van der Waals surface area contributed by atoms with Crippen molar-refractivity contribution in [3.63, 3.8) is 0 Å². The molecule has 0 aromatic heterocycles. The lowest BCUT2D eigenvalue weighted by molar-refractivity contribution is -0.387. The Morgan fingerprint density at radius 1 is 1.03 bits per heavy atom. The highest BCUT2D eigenvalue weighted by Gasteiger charge is 2.35. The second-order valence-electron chi connectivity index (χ2n) is 5.72. The van der Waals surface area contributed by atoms with Crippen molar-refractivity contribution in [2.75, 3.05) is 17.5 Å². The molecule has 2 aromatic rings. The first-order chi connectivity index (χ1) is 13.6. The van der Waals surface area contributed by atoms with Gasteiger partial charge in [-0.3, -0.25) is 29.3 Å². The number of para-hydroxylation sites is 1. The third-order valence-electron chi connectivity index (χ3n) is 3.95. The molecule has 0 fully saturated rings. The Bertz CT molecular complexity index is 1070. The molecule has 0 heterocycles. The van der Waals surface area contributed by atoms with Gasteiger partial charge in [0.15, 0.2) is 4.90 Å². The number of carbonyl (C=O) groups is 1. The lowest BCUT2D eigenvalue weighted by atomic mass is 10.1. The van der Waals surface area contributed by atoms with Crippen LogP contribution in [0.4, 0.5) is 17.1 Å². The molecule has 0 N–H and O–H groups in total. The Morgan fingerprint density at radius 2 is 1.62 bits per heavy atom. The second-order valence-corrected chi connectivity index (χ2v) is 7.55. The first kappa shape index (κ1) is 21.8. The largest absolute Gasteiger partial charge is 0.465 e. The van der Waals surface area contributed by atoms with Gasteiger partial charge < -0.3 is 4.74 Å². The van der Waals surface area contributed by atoms with E-state index in [1.807, 2.05) is 0 Å². The maximum absolute atomic E-state index is 13.3. The van der Waals surface area contributed by atoms with Gasteiger partial charge in [0, 0.05) is 12.1 Å². The van der Waals surface area contributed by atoms with Crippen LogP contribution in [0.1, 0.15) is 12.5 Å². The van der Waals surface area contributed by atoms with Crippen LogP contribution in [0.15, 0.2) is 47.4 Å². The van der Waals surface area contributed by atoms with Crippen molar-refractivity contribution in [3.8, 4) is 0 Å². The zero-order valence-electron chi connectivity index (χ0n) is 15.5. The van der Waals surface area contributed by atoms with Crippen molar-refractivity contribution < 1.29 is 27.8 Å². The first-order valence-corrected chi connectivity index (χ1v) is 9.71. The second kappa shape index (κ2) is 8.65. The molecular weight excluding hydrogens is 406 g/mol. The molecule has 0 saturated heterocycles. The van der Waals surface area contributed by atoms with Gasteiger partial charge in [0.25, 0.3) is 21.4 Å². The molecule has 12 heteroatoms. The van der Waals surface area contributed by atoms with Gasteiger partial charge in [-0.1, -0.05) is 18.2 Å². The van der Waals surface area contributed by atoms with Gasteiger partial charge in [-0.2, -0.15) is 0 Å². The molecule has 0 radical (unpaired) electrons. The van der Waals surface area contributed by atoms with Gasteiger partial charge >= 0.3 is 5.97 Å². The number of anilines is 1. The van der Waals surface area contributed by atoms with E-state index in [0.29, 0.717) is 4.31 Å². The van der Waals surface area contributed by atoms with Crippen molar-refractivity contribution in [2.45, 2.75) is 18.7 Å². The number of rotatable bonds is 8. The number of carbonyl (C=O) groups excluding carboxylic acids is 1. The highest BCUT2D eigenvalue weighted by atomic mass is 32.2. The fourth-order valence-corrected chi connectivity index (χ4v) is 4.27. The number of hydrogen-bond donors (Lipinski definition) is 0. The molecule has 0 aliphatic carbocycles. The predicted molar refractivity (Wildman–Crippen MR) is 102 cm³/mol. The summed E-state index contributed by atoms with van der Waals surface area (Å²) in [6, 6.07) is 8.34. The topological polar surface area (TPSA) is 150 Å². The molecule has 0 bridgehead atoms. The van der Waals surface area contributed by atoms with E-state index < -0.39 is 43.0 Å². The van der Waals surface area contributed by atoms with E-state index in [9.17, 15) is 33.4 Å². The fraction of sp³-hybridized carbons (Fsp3) is 0.235. The van der Waals surface area contributed by atoms with Crippen LogP contribution in [0.25, 0.3) is 0 Å². The minimum atomic E-state index is -4.64. The monoisotopic (exact) mass is 423 g/mol. The van der Waals surface area contributed by atoms with E-state index in [-0.39, 0.29) is 23.5 Å². The van der Waals surface area contributed by atoms with E-state index in [1.54, 1.807) is 0 Å². The number of ether oxygens (including phenoxy) is 1. The minimum Gasteiger partial charge on any atom is -0.465 e. The molecule has 0 saturated carbocycles. The molecule has 11 nitrogen and oxygen atoms in total. The van der Waals surface area contributed by atoms with Crippen LogP contribution in [0.5, 0.6) is 0 Å². The van der Waals surface area contributed by atoms with E-state index in [0.717, 1.165) is 12.1 Å². The van der Waals surface area contributed by atoms with Crippen molar-refractivity contribution in [3.05, 3.63) is 68.3 Å². The molecule has 0 amide bonds. The summed E-state index contributed by atoms with van der Waals surface area (Å²) in [6.07, 6.45) is 0. The van der Waals surface area contributed by atoms with Crippen LogP contribution >= 0.6 is 0 Å². The molecule has 0 aliphatic rings. The van der Waals surface area contributed by atoms with Crippen LogP contribution in [-0.2, 0) is 19.6 Å². The molecule has 0 atom stereocenters. The quantitative estimate of drug-likeness (QED) is 0.357. The van der Waals surface area contributed by atoms with Gasteiger partial charge in [-0.25, -0.2) is 8.42 Å². The van der Waals surface area contributed by atoms with E-state index in [1.165, 1.54) is 44.2 Å². The molecule has 29 heavy (non-hydrogen) atoms. The lowest BCUT2D eigenvalue weighted by Crippen LogP contribution is -2.37.